The van der Waals surface area contributed by atoms with Crippen molar-refractivity contribution in [3.63, 3.8) is 0 Å². The number of nitrogens with one attached hydrogen (secondary N) is 3. The molecule has 28 heavy (non-hydrogen) atoms. The van der Waals surface area contributed by atoms with Crippen LogP contribution in [0.5, 0.6) is 5.75 Å². The van der Waals surface area contributed by atoms with E-state index >= 15 is 0 Å². The van der Waals surface area contributed by atoms with Crippen molar-refractivity contribution in [3.8, 4) is 17.0 Å². The first kappa shape index (κ1) is 19.4. The van der Waals surface area contributed by atoms with Gasteiger partial charge in [0.25, 0.3) is 0 Å². The Balaban J connectivity index is 1.71. The van der Waals surface area contributed by atoms with Crippen LogP contribution in [0.3, 0.4) is 0 Å². The number of phenols is 1. The predicted octanol–water partition coefficient (Wildman–Crippen LogP) is 3.47. The molecule has 7 nitrogen and oxygen atoms in total. The van der Waals surface area contributed by atoms with Gasteiger partial charge in [0, 0.05) is 23.0 Å². The SMILES string of the molecule is Cc1cc(NC(=O)CN(C)C)ccc1Nc1cc(-c2ccc(O)c(F)c2)[nH]n1. The normalized spacial score (nSPS) is 10.9. The Morgan fingerprint density at radius 3 is 2.68 bits per heavy atom. The van der Waals surface area contributed by atoms with Crippen LogP contribution in [0.1, 0.15) is 5.56 Å². The molecule has 0 radical (unpaired) electrons. The van der Waals surface area contributed by atoms with Crippen LogP contribution in [-0.4, -0.2) is 46.8 Å². The van der Waals surface area contributed by atoms with Crippen molar-refractivity contribution >= 4 is 23.1 Å². The Morgan fingerprint density at radius 1 is 1.21 bits per heavy atom. The molecule has 1 heterocycles. The van der Waals surface area contributed by atoms with E-state index in [4.69, 9.17) is 0 Å². The van der Waals surface area contributed by atoms with Gasteiger partial charge in [0.05, 0.1) is 12.2 Å². The number of carbonyl (C=O) groups excluding carboxylic acids is 1. The Labute approximate surface area is 162 Å². The first-order valence-electron chi connectivity index (χ1n) is 8.68. The van der Waals surface area contributed by atoms with Gasteiger partial charge in [0.2, 0.25) is 5.91 Å². The quantitative estimate of drug-likeness (QED) is 0.523. The zero-order valence-corrected chi connectivity index (χ0v) is 15.9. The maximum absolute atomic E-state index is 13.5. The number of anilines is 3. The van der Waals surface area contributed by atoms with Crippen LogP contribution in [0.15, 0.2) is 42.5 Å². The van der Waals surface area contributed by atoms with Crippen molar-refractivity contribution in [2.75, 3.05) is 31.3 Å². The summed E-state index contributed by atoms with van der Waals surface area (Å²) in [6.07, 6.45) is 0. The number of rotatable bonds is 6. The summed E-state index contributed by atoms with van der Waals surface area (Å²) in [5.74, 6) is -0.599. The van der Waals surface area contributed by atoms with Gasteiger partial charge >= 0.3 is 0 Å². The molecule has 8 heteroatoms. The first-order valence-corrected chi connectivity index (χ1v) is 8.68. The van der Waals surface area contributed by atoms with Gasteiger partial charge in [-0.1, -0.05) is 0 Å². The summed E-state index contributed by atoms with van der Waals surface area (Å²) in [6, 6.07) is 11.4. The van der Waals surface area contributed by atoms with Gasteiger partial charge in [-0.05, 0) is 63.0 Å². The van der Waals surface area contributed by atoms with Crippen molar-refractivity contribution in [2.45, 2.75) is 6.92 Å². The van der Waals surface area contributed by atoms with Gasteiger partial charge in [-0.3, -0.25) is 9.89 Å². The highest BCUT2D eigenvalue weighted by Crippen LogP contribution is 2.27. The molecule has 0 aliphatic rings. The lowest BCUT2D eigenvalue weighted by Gasteiger charge is -2.12. The lowest BCUT2D eigenvalue weighted by molar-refractivity contribution is -0.116. The number of hydrogen-bond donors (Lipinski definition) is 4. The second kappa shape index (κ2) is 8.10. The molecular weight excluding hydrogens is 361 g/mol. The molecule has 0 atom stereocenters. The molecule has 1 aromatic heterocycles. The fourth-order valence-electron chi connectivity index (χ4n) is 2.72. The number of H-pyrrole nitrogens is 1. The number of carbonyl (C=O) groups is 1. The maximum Gasteiger partial charge on any atom is 0.238 e. The molecule has 3 aromatic rings. The molecule has 3 rings (SSSR count). The number of benzene rings is 2. The van der Waals surface area contributed by atoms with Crippen molar-refractivity contribution in [3.05, 3.63) is 53.8 Å². The first-order chi connectivity index (χ1) is 13.3. The second-order valence-electron chi connectivity index (χ2n) is 6.77. The molecule has 4 N–H and O–H groups in total. The van der Waals surface area contributed by atoms with Gasteiger partial charge < -0.3 is 20.6 Å². The zero-order valence-electron chi connectivity index (χ0n) is 15.9. The summed E-state index contributed by atoms with van der Waals surface area (Å²) in [7, 11) is 3.67. The molecule has 0 saturated heterocycles. The van der Waals surface area contributed by atoms with Gasteiger partial charge in [-0.25, -0.2) is 4.39 Å². The highest BCUT2D eigenvalue weighted by Gasteiger charge is 2.09. The number of phenolic OH excluding ortho intramolecular Hbond substituents is 1. The number of amides is 1. The van der Waals surface area contributed by atoms with E-state index in [1.165, 1.54) is 12.1 Å². The third-order valence-electron chi connectivity index (χ3n) is 4.07. The number of aromatic amines is 1. The van der Waals surface area contributed by atoms with Gasteiger partial charge in [-0.2, -0.15) is 5.10 Å². The number of aryl methyl sites for hydroxylation is 1. The van der Waals surface area contributed by atoms with Gasteiger partial charge in [-0.15, -0.1) is 0 Å². The minimum Gasteiger partial charge on any atom is -0.505 e. The van der Waals surface area contributed by atoms with Crippen LogP contribution in [0.2, 0.25) is 0 Å². The molecule has 146 valence electrons. The molecule has 2 aromatic carbocycles. The summed E-state index contributed by atoms with van der Waals surface area (Å²) in [5.41, 5.74) is 3.68. The predicted molar refractivity (Wildman–Crippen MR) is 107 cm³/mol. The highest BCUT2D eigenvalue weighted by molar-refractivity contribution is 5.92. The average molecular weight is 383 g/mol. The molecule has 0 unspecified atom stereocenters. The number of nitrogens with zero attached hydrogens (tertiary/aromatic N) is 2. The monoisotopic (exact) mass is 383 g/mol. The third kappa shape index (κ3) is 4.66. The van der Waals surface area contributed by atoms with Crippen LogP contribution in [0.4, 0.5) is 21.6 Å². The summed E-state index contributed by atoms with van der Waals surface area (Å²) in [6.45, 7) is 2.24. The topological polar surface area (TPSA) is 93.3 Å². The molecular formula is C20H22FN5O2. The van der Waals surface area contributed by atoms with E-state index in [-0.39, 0.29) is 5.91 Å². The number of hydrogen-bond acceptors (Lipinski definition) is 5. The number of likely N-dealkylation sites (N-methyl/N-ethyl adjacent to an activating group) is 1. The maximum atomic E-state index is 13.5. The third-order valence-corrected chi connectivity index (χ3v) is 4.07. The molecule has 0 spiro atoms. The van der Waals surface area contributed by atoms with Crippen LogP contribution < -0.4 is 10.6 Å². The van der Waals surface area contributed by atoms with E-state index in [9.17, 15) is 14.3 Å². The van der Waals surface area contributed by atoms with Crippen LogP contribution in [-0.2, 0) is 4.79 Å². The summed E-state index contributed by atoms with van der Waals surface area (Å²) in [5, 5.41) is 22.4. The zero-order chi connectivity index (χ0) is 20.3. The van der Waals surface area contributed by atoms with Crippen LogP contribution >= 0.6 is 0 Å². The van der Waals surface area contributed by atoms with Crippen LogP contribution in [0, 0.1) is 12.7 Å². The lowest BCUT2D eigenvalue weighted by atomic mass is 10.1. The Bertz CT molecular complexity index is 1000. The second-order valence-corrected chi connectivity index (χ2v) is 6.77. The Morgan fingerprint density at radius 2 is 2.00 bits per heavy atom. The molecule has 0 saturated carbocycles. The van der Waals surface area contributed by atoms with Crippen molar-refractivity contribution < 1.29 is 14.3 Å². The molecule has 0 bridgehead atoms. The van der Waals surface area contributed by atoms with E-state index in [2.05, 4.69) is 20.8 Å². The van der Waals surface area contributed by atoms with E-state index in [0.29, 0.717) is 23.6 Å². The van der Waals surface area contributed by atoms with Gasteiger partial charge in [0.1, 0.15) is 0 Å². The van der Waals surface area contributed by atoms with E-state index in [0.717, 1.165) is 16.9 Å². The summed E-state index contributed by atoms with van der Waals surface area (Å²) < 4.78 is 13.5. The number of aromatic nitrogens is 2. The average Bonchev–Trinajstić information content (AvgIpc) is 3.07. The van der Waals surface area contributed by atoms with Gasteiger partial charge in [0.15, 0.2) is 17.4 Å². The summed E-state index contributed by atoms with van der Waals surface area (Å²) in [4.78, 5) is 13.7. The van der Waals surface area contributed by atoms with Crippen molar-refractivity contribution in [1.29, 1.82) is 0 Å². The molecule has 0 fully saturated rings. The van der Waals surface area contributed by atoms with E-state index in [1.54, 1.807) is 17.0 Å². The Hall–Kier alpha value is -3.39. The Kier molecular flexibility index (Phi) is 5.60. The van der Waals surface area contributed by atoms with Crippen molar-refractivity contribution in [1.82, 2.24) is 15.1 Å². The smallest absolute Gasteiger partial charge is 0.238 e. The molecule has 1 amide bonds. The highest BCUT2D eigenvalue weighted by atomic mass is 19.1. The van der Waals surface area contributed by atoms with E-state index in [1.807, 2.05) is 39.2 Å². The minimum atomic E-state index is -0.690. The van der Waals surface area contributed by atoms with E-state index < -0.39 is 11.6 Å². The largest absolute Gasteiger partial charge is 0.505 e. The minimum absolute atomic E-state index is 0.0804. The molecule has 0 aliphatic heterocycles. The lowest BCUT2D eigenvalue weighted by Crippen LogP contribution is -2.27. The summed E-state index contributed by atoms with van der Waals surface area (Å²) >= 11 is 0. The van der Waals surface area contributed by atoms with Crippen LogP contribution in [0.25, 0.3) is 11.3 Å². The standard InChI is InChI=1S/C20H22FN5O2/c1-12-8-14(22-20(28)11-26(2)3)5-6-16(12)23-19-10-17(24-25-19)13-4-7-18(27)15(21)9-13/h4-10,27H,11H2,1-3H3,(H,22,28)(H2,23,24,25). The fourth-order valence-corrected chi connectivity index (χ4v) is 2.72. The fraction of sp³-hybridized carbons (Fsp3) is 0.200. The number of halogens is 1. The van der Waals surface area contributed by atoms with Crippen molar-refractivity contribution in [2.24, 2.45) is 0 Å². The number of aromatic hydroxyl groups is 1. The molecule has 0 aliphatic carbocycles.